The minimum atomic E-state index is 0.375. The highest BCUT2D eigenvalue weighted by Crippen LogP contribution is 2.42. The number of likely N-dealkylation sites (tertiary alicyclic amines) is 1. The first kappa shape index (κ1) is 36.3. The summed E-state index contributed by atoms with van der Waals surface area (Å²) in [5, 5.41) is 0. The third-order valence-corrected chi connectivity index (χ3v) is 9.70. The number of rotatable bonds is 14. The second kappa shape index (κ2) is 16.7. The van der Waals surface area contributed by atoms with Crippen LogP contribution in [-0.2, 0) is 13.1 Å². The summed E-state index contributed by atoms with van der Waals surface area (Å²) in [7, 11) is 9.73. The SMILES string of the molecule is COc1cc(-c2cncc(CN3CCC(N(Cc4ccnc(-c5cc(OC)c(OC)c(OC)c5)c4)c4ccc(C)cc4)CC3)c2)cc(OC)c1OC. The molecule has 1 aliphatic rings. The van der Waals surface area contributed by atoms with Crippen LogP contribution in [0, 0.1) is 6.92 Å². The van der Waals surface area contributed by atoms with Crippen molar-refractivity contribution in [2.45, 2.75) is 38.9 Å². The molecule has 2 aromatic heterocycles. The monoisotopic (exact) mass is 704 g/mol. The third kappa shape index (κ3) is 8.02. The zero-order valence-corrected chi connectivity index (χ0v) is 31.1. The topological polar surface area (TPSA) is 87.6 Å². The number of aromatic nitrogens is 2. The molecule has 10 heteroatoms. The number of methoxy groups -OCH3 is 6. The van der Waals surface area contributed by atoms with Crippen molar-refractivity contribution in [3.05, 3.63) is 102 Å². The molecule has 0 N–H and O–H groups in total. The molecule has 1 saturated heterocycles. The van der Waals surface area contributed by atoms with Crippen LogP contribution in [0.2, 0.25) is 0 Å². The maximum Gasteiger partial charge on any atom is 0.203 e. The number of hydrogen-bond acceptors (Lipinski definition) is 10. The average molecular weight is 705 g/mol. The van der Waals surface area contributed by atoms with Gasteiger partial charge in [0.05, 0.1) is 48.4 Å². The number of ether oxygens (including phenoxy) is 6. The molecule has 10 nitrogen and oxygen atoms in total. The molecule has 0 atom stereocenters. The van der Waals surface area contributed by atoms with Crippen molar-refractivity contribution < 1.29 is 28.4 Å². The second-order valence-electron chi connectivity index (χ2n) is 12.9. The molecule has 1 aliphatic heterocycles. The maximum absolute atomic E-state index is 5.62. The van der Waals surface area contributed by atoms with Gasteiger partial charge in [-0.15, -0.1) is 0 Å². The molecule has 1 fully saturated rings. The van der Waals surface area contributed by atoms with E-state index in [1.807, 2.05) is 42.9 Å². The lowest BCUT2D eigenvalue weighted by Crippen LogP contribution is -2.44. The molecule has 52 heavy (non-hydrogen) atoms. The molecule has 5 aromatic rings. The Morgan fingerprint density at radius 1 is 0.635 bits per heavy atom. The first-order valence-corrected chi connectivity index (χ1v) is 17.4. The van der Waals surface area contributed by atoms with E-state index in [4.69, 9.17) is 33.4 Å². The number of benzene rings is 3. The predicted octanol–water partition coefficient (Wildman–Crippen LogP) is 7.84. The summed E-state index contributed by atoms with van der Waals surface area (Å²) in [6.07, 6.45) is 7.80. The minimum Gasteiger partial charge on any atom is -0.493 e. The lowest BCUT2D eigenvalue weighted by molar-refractivity contribution is 0.200. The van der Waals surface area contributed by atoms with E-state index < -0.39 is 0 Å². The summed E-state index contributed by atoms with van der Waals surface area (Å²) in [6, 6.07) is 23.5. The van der Waals surface area contributed by atoms with Crippen molar-refractivity contribution in [2.24, 2.45) is 0 Å². The summed E-state index contributed by atoms with van der Waals surface area (Å²) in [4.78, 5) is 14.4. The van der Waals surface area contributed by atoms with Gasteiger partial charge in [0.1, 0.15) is 0 Å². The van der Waals surface area contributed by atoms with Crippen LogP contribution < -0.4 is 33.3 Å². The van der Waals surface area contributed by atoms with Gasteiger partial charge < -0.3 is 33.3 Å². The zero-order chi connectivity index (χ0) is 36.6. The maximum atomic E-state index is 5.62. The quantitative estimate of drug-likeness (QED) is 0.114. The Labute approximate surface area is 306 Å². The highest BCUT2D eigenvalue weighted by Gasteiger charge is 2.26. The number of nitrogens with zero attached hydrogens (tertiary/aromatic N) is 4. The van der Waals surface area contributed by atoms with Gasteiger partial charge in [-0.3, -0.25) is 14.9 Å². The Morgan fingerprint density at radius 3 is 1.77 bits per heavy atom. The van der Waals surface area contributed by atoms with Crippen LogP contribution in [0.1, 0.15) is 29.5 Å². The number of piperidine rings is 1. The minimum absolute atomic E-state index is 0.375. The molecule has 0 aliphatic carbocycles. The molecule has 3 aromatic carbocycles. The molecule has 6 rings (SSSR count). The summed E-state index contributed by atoms with van der Waals surface area (Å²) in [5.74, 6) is 3.56. The lowest BCUT2D eigenvalue weighted by atomic mass is 9.99. The van der Waals surface area contributed by atoms with Crippen molar-refractivity contribution in [1.82, 2.24) is 14.9 Å². The molecule has 272 valence electrons. The van der Waals surface area contributed by atoms with Crippen molar-refractivity contribution in [1.29, 1.82) is 0 Å². The van der Waals surface area contributed by atoms with Gasteiger partial charge in [0.25, 0.3) is 0 Å². The Hall–Kier alpha value is -5.48. The molecule has 0 saturated carbocycles. The molecular formula is C42H48N4O6. The molecule has 0 unspecified atom stereocenters. The lowest BCUT2D eigenvalue weighted by Gasteiger charge is -2.40. The first-order valence-electron chi connectivity index (χ1n) is 17.4. The van der Waals surface area contributed by atoms with Crippen molar-refractivity contribution in [3.8, 4) is 56.9 Å². The number of pyridine rings is 2. The number of hydrogen-bond donors (Lipinski definition) is 0. The highest BCUT2D eigenvalue weighted by molar-refractivity contribution is 5.71. The predicted molar refractivity (Wildman–Crippen MR) is 204 cm³/mol. The van der Waals surface area contributed by atoms with Crippen LogP contribution in [0.4, 0.5) is 5.69 Å². The average Bonchev–Trinajstić information content (AvgIpc) is 3.19. The van der Waals surface area contributed by atoms with Crippen molar-refractivity contribution in [3.63, 3.8) is 0 Å². The van der Waals surface area contributed by atoms with Gasteiger partial charge >= 0.3 is 0 Å². The van der Waals surface area contributed by atoms with Crippen LogP contribution in [0.5, 0.6) is 34.5 Å². The molecule has 0 spiro atoms. The summed E-state index contributed by atoms with van der Waals surface area (Å²) >= 11 is 0. The largest absolute Gasteiger partial charge is 0.493 e. The second-order valence-corrected chi connectivity index (χ2v) is 12.9. The number of aryl methyl sites for hydroxylation is 1. The fourth-order valence-electron chi connectivity index (χ4n) is 6.95. The van der Waals surface area contributed by atoms with E-state index in [2.05, 4.69) is 64.2 Å². The Balaban J connectivity index is 1.19. The van der Waals surface area contributed by atoms with Gasteiger partial charge in [-0.25, -0.2) is 0 Å². The van der Waals surface area contributed by atoms with Gasteiger partial charge in [0, 0.05) is 67.6 Å². The van der Waals surface area contributed by atoms with Crippen molar-refractivity contribution >= 4 is 5.69 Å². The van der Waals surface area contributed by atoms with Gasteiger partial charge in [-0.05, 0) is 91.1 Å². The molecule has 0 amide bonds. The summed E-state index contributed by atoms with van der Waals surface area (Å²) in [6.45, 7) is 5.67. The number of anilines is 1. The van der Waals surface area contributed by atoms with Crippen LogP contribution >= 0.6 is 0 Å². The van der Waals surface area contributed by atoms with E-state index in [0.717, 1.165) is 67.0 Å². The Kier molecular flexibility index (Phi) is 11.7. The highest BCUT2D eigenvalue weighted by atomic mass is 16.5. The van der Waals surface area contributed by atoms with E-state index in [1.165, 1.54) is 16.8 Å². The smallest absolute Gasteiger partial charge is 0.203 e. The van der Waals surface area contributed by atoms with Crippen molar-refractivity contribution in [2.75, 3.05) is 60.6 Å². The van der Waals surface area contributed by atoms with Gasteiger partial charge in [-0.2, -0.15) is 0 Å². The summed E-state index contributed by atoms with van der Waals surface area (Å²) < 4.78 is 33.5. The van der Waals surface area contributed by atoms with Gasteiger partial charge in [0.2, 0.25) is 11.5 Å². The normalized spacial score (nSPS) is 13.4. The van der Waals surface area contributed by atoms with Crippen LogP contribution in [0.3, 0.4) is 0 Å². The molecule has 3 heterocycles. The van der Waals surface area contributed by atoms with E-state index in [0.29, 0.717) is 40.5 Å². The van der Waals surface area contributed by atoms with E-state index in [-0.39, 0.29) is 0 Å². The molecular weight excluding hydrogens is 656 g/mol. The fraction of sp³-hybridized carbons (Fsp3) is 0.333. The fourth-order valence-corrected chi connectivity index (χ4v) is 6.95. The van der Waals surface area contributed by atoms with E-state index in [1.54, 1.807) is 42.7 Å². The Morgan fingerprint density at radius 2 is 1.21 bits per heavy atom. The molecule has 0 radical (unpaired) electrons. The van der Waals surface area contributed by atoms with E-state index >= 15 is 0 Å². The molecule has 0 bridgehead atoms. The first-order chi connectivity index (χ1) is 25.4. The van der Waals surface area contributed by atoms with Crippen LogP contribution in [0.25, 0.3) is 22.4 Å². The van der Waals surface area contributed by atoms with Gasteiger partial charge in [0.15, 0.2) is 23.0 Å². The third-order valence-electron chi connectivity index (χ3n) is 9.70. The van der Waals surface area contributed by atoms with Crippen LogP contribution in [0.15, 0.2) is 85.3 Å². The van der Waals surface area contributed by atoms with Gasteiger partial charge in [-0.1, -0.05) is 17.7 Å². The zero-order valence-electron chi connectivity index (χ0n) is 31.1. The van der Waals surface area contributed by atoms with Crippen LogP contribution in [-0.4, -0.2) is 76.7 Å². The summed E-state index contributed by atoms with van der Waals surface area (Å²) in [5.41, 5.74) is 8.51. The Bertz CT molecular complexity index is 1910. The van der Waals surface area contributed by atoms with E-state index in [9.17, 15) is 0 Å². The standard InChI is InChI=1S/C42H48N4O6/c1-28-8-10-34(11-9-28)46(27-29-12-15-44-36(19-29)32-22-39(49-4)42(52-7)40(23-32)50-5)35-13-16-45(17-14-35)26-30-18-33(25-43-24-30)31-20-37(47-2)41(51-6)38(21-31)48-3/h8-12,15,18-25,35H,13-14,16-17,26-27H2,1-7H3.